The summed E-state index contributed by atoms with van der Waals surface area (Å²) in [6.07, 6.45) is 8.05. The van der Waals surface area contributed by atoms with E-state index in [0.29, 0.717) is 39.1 Å². The van der Waals surface area contributed by atoms with E-state index in [2.05, 4.69) is 17.6 Å². The van der Waals surface area contributed by atoms with Gasteiger partial charge in [-0.05, 0) is 45.2 Å². The Bertz CT molecular complexity index is 527. The zero-order valence-electron chi connectivity index (χ0n) is 15.4. The molecule has 0 aromatic rings. The summed E-state index contributed by atoms with van der Waals surface area (Å²) in [6, 6.07) is 0. The fraction of sp³-hybridized carbons (Fsp3) is 0.941. The number of piperidine rings is 1. The van der Waals surface area contributed by atoms with Crippen molar-refractivity contribution in [2.24, 2.45) is 0 Å². The molecule has 1 saturated carbocycles. The van der Waals surface area contributed by atoms with Crippen LogP contribution in [0.4, 0.5) is 0 Å². The number of amides is 1. The smallest absolute Gasteiger partial charge is 0.241 e. The highest BCUT2D eigenvalue weighted by Gasteiger charge is 2.49. The van der Waals surface area contributed by atoms with Gasteiger partial charge < -0.3 is 15.4 Å². The molecule has 2 aliphatic rings. The quantitative estimate of drug-likeness (QED) is 0.685. The summed E-state index contributed by atoms with van der Waals surface area (Å²) in [5.41, 5.74) is -0.324. The van der Waals surface area contributed by atoms with Crippen molar-refractivity contribution in [2.45, 2.75) is 68.6 Å². The second-order valence-electron chi connectivity index (χ2n) is 7.29. The van der Waals surface area contributed by atoms with E-state index in [1.807, 2.05) is 0 Å². The molecule has 0 spiro atoms. The number of rotatable bonds is 7. The molecule has 8 heteroatoms. The molecule has 1 aliphatic heterocycles. The van der Waals surface area contributed by atoms with Crippen LogP contribution in [0.2, 0.25) is 0 Å². The van der Waals surface area contributed by atoms with Crippen molar-refractivity contribution < 1.29 is 17.9 Å². The lowest BCUT2D eigenvalue weighted by molar-refractivity contribution is -0.127. The van der Waals surface area contributed by atoms with Gasteiger partial charge in [-0.3, -0.25) is 4.79 Å². The summed E-state index contributed by atoms with van der Waals surface area (Å²) in [5.74, 6) is -0.350. The third kappa shape index (κ3) is 5.31. The second kappa shape index (κ2) is 9.53. The van der Waals surface area contributed by atoms with Gasteiger partial charge in [-0.25, -0.2) is 8.42 Å². The van der Waals surface area contributed by atoms with Crippen LogP contribution in [0.25, 0.3) is 0 Å². The lowest BCUT2D eigenvalue weighted by Crippen LogP contribution is -2.59. The number of nitrogens with one attached hydrogen (secondary N) is 2. The number of hydrogen-bond donors (Lipinski definition) is 2. The third-order valence-electron chi connectivity index (χ3n) is 5.48. The Morgan fingerprint density at radius 1 is 1.12 bits per heavy atom. The summed E-state index contributed by atoms with van der Waals surface area (Å²) in [5, 5.41) is 6.09. The maximum Gasteiger partial charge on any atom is 0.241 e. The summed E-state index contributed by atoms with van der Waals surface area (Å²) >= 11 is 0. The van der Waals surface area contributed by atoms with E-state index in [9.17, 15) is 13.2 Å². The van der Waals surface area contributed by atoms with Gasteiger partial charge in [0.05, 0.1) is 5.60 Å². The molecule has 148 valence electrons. The Morgan fingerprint density at radius 3 is 2.24 bits per heavy atom. The van der Waals surface area contributed by atoms with Crippen molar-refractivity contribution in [1.29, 1.82) is 0 Å². The molecule has 2 N–H and O–H groups in total. The molecule has 1 saturated heterocycles. The Hall–Kier alpha value is -0.370. The van der Waals surface area contributed by atoms with E-state index >= 15 is 0 Å². The van der Waals surface area contributed by atoms with E-state index in [1.54, 1.807) is 0 Å². The number of carbonyl (C=O) groups excluding carboxylic acids is 1. The summed E-state index contributed by atoms with van der Waals surface area (Å²) < 4.78 is 29.5. The first kappa shape index (κ1) is 22.7. The van der Waals surface area contributed by atoms with Crippen molar-refractivity contribution in [3.8, 4) is 0 Å². The molecule has 25 heavy (non-hydrogen) atoms. The zero-order valence-corrected chi connectivity index (χ0v) is 17.1. The van der Waals surface area contributed by atoms with Gasteiger partial charge in [0.1, 0.15) is 0 Å². The highest BCUT2D eigenvalue weighted by Crippen LogP contribution is 2.32. The van der Waals surface area contributed by atoms with Gasteiger partial charge in [-0.2, -0.15) is 0 Å². The van der Waals surface area contributed by atoms with E-state index in [4.69, 9.17) is 4.74 Å². The minimum atomic E-state index is -3.47. The molecular weight excluding hydrogens is 364 g/mol. The van der Waals surface area contributed by atoms with Crippen LogP contribution in [0.15, 0.2) is 0 Å². The average molecular weight is 397 g/mol. The average Bonchev–Trinajstić information content (AvgIpc) is 2.58. The Kier molecular flexibility index (Phi) is 8.64. The fourth-order valence-electron chi connectivity index (χ4n) is 3.89. The minimum absolute atomic E-state index is 0. The van der Waals surface area contributed by atoms with Crippen molar-refractivity contribution in [1.82, 2.24) is 10.6 Å². The van der Waals surface area contributed by atoms with Crippen molar-refractivity contribution in [3.63, 3.8) is 0 Å². The van der Waals surface area contributed by atoms with Gasteiger partial charge in [0.25, 0.3) is 0 Å². The van der Waals surface area contributed by atoms with Crippen LogP contribution in [-0.4, -0.2) is 57.2 Å². The van der Waals surface area contributed by atoms with E-state index in [0.717, 1.165) is 32.1 Å². The van der Waals surface area contributed by atoms with Gasteiger partial charge in [-0.1, -0.05) is 26.2 Å². The maximum atomic E-state index is 12.9. The predicted molar refractivity (Wildman–Crippen MR) is 102 cm³/mol. The first-order chi connectivity index (χ1) is 11.4. The molecule has 0 atom stereocenters. The first-order valence-electron chi connectivity index (χ1n) is 9.18. The van der Waals surface area contributed by atoms with Gasteiger partial charge in [-0.15, -0.1) is 12.4 Å². The molecule has 1 aliphatic carbocycles. The molecule has 2 rings (SSSR count). The standard InChI is InChI=1S/C17H32N2O4S.ClH/c1-3-13-23-16(7-5-4-6-8-16)14-19-15(20)17(24(2,21)22)9-11-18-12-10-17;/h18H,3-14H2,1-2H3,(H,19,20);1H. The van der Waals surface area contributed by atoms with Gasteiger partial charge in [0.15, 0.2) is 14.6 Å². The van der Waals surface area contributed by atoms with Crippen LogP contribution in [0, 0.1) is 0 Å². The monoisotopic (exact) mass is 396 g/mol. The highest BCUT2D eigenvalue weighted by molar-refractivity contribution is 7.92. The summed E-state index contributed by atoms with van der Waals surface area (Å²) in [7, 11) is -3.47. The number of halogens is 1. The lowest BCUT2D eigenvalue weighted by Gasteiger charge is -2.39. The maximum absolute atomic E-state index is 12.9. The molecule has 1 heterocycles. The molecule has 6 nitrogen and oxygen atoms in total. The van der Waals surface area contributed by atoms with E-state index < -0.39 is 14.6 Å². The largest absolute Gasteiger partial charge is 0.373 e. The number of carbonyl (C=O) groups is 1. The molecule has 0 unspecified atom stereocenters. The lowest BCUT2D eigenvalue weighted by atomic mass is 9.84. The van der Waals surface area contributed by atoms with Crippen LogP contribution in [0.5, 0.6) is 0 Å². The van der Waals surface area contributed by atoms with Gasteiger partial charge in [0, 0.05) is 19.4 Å². The van der Waals surface area contributed by atoms with Crippen molar-refractivity contribution in [2.75, 3.05) is 32.5 Å². The fourth-order valence-corrected chi connectivity index (χ4v) is 5.24. The van der Waals surface area contributed by atoms with Crippen LogP contribution in [-0.2, 0) is 19.4 Å². The molecule has 0 radical (unpaired) electrons. The Morgan fingerprint density at radius 2 is 1.72 bits per heavy atom. The molecule has 0 aromatic carbocycles. The highest BCUT2D eigenvalue weighted by atomic mass is 35.5. The molecule has 0 bridgehead atoms. The SMILES string of the molecule is CCCOC1(CNC(=O)C2(S(C)(=O)=O)CCNCC2)CCCCC1.Cl. The van der Waals surface area contributed by atoms with Crippen LogP contribution < -0.4 is 10.6 Å². The Labute approximate surface area is 158 Å². The van der Waals surface area contributed by atoms with Crippen LogP contribution in [0.3, 0.4) is 0 Å². The summed E-state index contributed by atoms with van der Waals surface area (Å²) in [6.45, 7) is 4.27. The van der Waals surface area contributed by atoms with E-state index in [1.165, 1.54) is 12.7 Å². The van der Waals surface area contributed by atoms with Gasteiger partial charge in [0.2, 0.25) is 5.91 Å². The number of hydrogen-bond acceptors (Lipinski definition) is 5. The predicted octanol–water partition coefficient (Wildman–Crippen LogP) is 1.82. The molecular formula is C17H33ClN2O4S. The van der Waals surface area contributed by atoms with Crippen LogP contribution >= 0.6 is 12.4 Å². The van der Waals surface area contributed by atoms with Crippen LogP contribution in [0.1, 0.15) is 58.3 Å². The Balaban J connectivity index is 0.00000312. The first-order valence-corrected chi connectivity index (χ1v) is 11.1. The summed E-state index contributed by atoms with van der Waals surface area (Å²) in [4.78, 5) is 12.9. The zero-order chi connectivity index (χ0) is 17.7. The minimum Gasteiger partial charge on any atom is -0.373 e. The van der Waals surface area contributed by atoms with Crippen molar-refractivity contribution >= 4 is 28.2 Å². The molecule has 1 amide bonds. The molecule has 2 fully saturated rings. The third-order valence-corrected chi connectivity index (χ3v) is 7.50. The normalized spacial score (nSPS) is 22.6. The second-order valence-corrected chi connectivity index (χ2v) is 9.62. The number of sulfone groups is 1. The topological polar surface area (TPSA) is 84.5 Å². The van der Waals surface area contributed by atoms with Gasteiger partial charge >= 0.3 is 0 Å². The molecule has 0 aromatic heterocycles. The van der Waals surface area contributed by atoms with Crippen molar-refractivity contribution in [3.05, 3.63) is 0 Å². The number of ether oxygens (including phenoxy) is 1. The van der Waals surface area contributed by atoms with E-state index in [-0.39, 0.29) is 23.9 Å².